The fourth-order valence-electron chi connectivity index (χ4n) is 13.3. The number of pyridine rings is 2. The van der Waals surface area contributed by atoms with E-state index in [1.54, 1.807) is 50.7 Å². The van der Waals surface area contributed by atoms with Gasteiger partial charge in [-0.25, -0.2) is 24.5 Å². The van der Waals surface area contributed by atoms with Crippen molar-refractivity contribution >= 4 is 80.0 Å². The molecule has 4 aliphatic carbocycles. The molecule has 0 saturated heterocycles. The molecule has 5 aliphatic rings. The molecule has 11 rings (SSSR count). The first-order valence-corrected chi connectivity index (χ1v) is 35.7. The van der Waals surface area contributed by atoms with Crippen LogP contribution in [0.2, 0.25) is 0 Å². The zero-order valence-corrected chi connectivity index (χ0v) is 58.8. The summed E-state index contributed by atoms with van der Waals surface area (Å²) in [4.78, 5) is 108. The fourth-order valence-corrected chi connectivity index (χ4v) is 15.2. The number of amides is 4. The number of fused-ring (bicyclic) bond motifs is 4. The van der Waals surface area contributed by atoms with Gasteiger partial charge in [-0.15, -0.1) is 35.8 Å². The number of thiazole rings is 2. The molecule has 0 radical (unpaired) electrons. The van der Waals surface area contributed by atoms with Crippen LogP contribution in [-0.2, 0) is 33.5 Å². The van der Waals surface area contributed by atoms with Gasteiger partial charge in [-0.05, 0) is 134 Å². The molecule has 5 heterocycles. The van der Waals surface area contributed by atoms with Gasteiger partial charge in [0, 0.05) is 69.7 Å². The molecule has 10 atom stereocenters. The number of hydrogen-bond acceptors (Lipinski definition) is 17. The predicted octanol–water partition coefficient (Wildman–Crippen LogP) is 11.7. The number of benzene rings is 2. The summed E-state index contributed by atoms with van der Waals surface area (Å²) in [7, 11) is 3.26. The van der Waals surface area contributed by atoms with Crippen LogP contribution in [0.1, 0.15) is 159 Å². The molecule has 6 aromatic rings. The van der Waals surface area contributed by atoms with Crippen LogP contribution >= 0.6 is 22.7 Å². The van der Waals surface area contributed by atoms with E-state index in [0.717, 1.165) is 112 Å². The number of aromatic nitrogens is 4. The van der Waals surface area contributed by atoms with Gasteiger partial charge in [0.2, 0.25) is 23.6 Å². The monoisotopic (exact) mass is 1370 g/mol. The van der Waals surface area contributed by atoms with E-state index in [2.05, 4.69) is 72.1 Å². The third kappa shape index (κ3) is 16.8. The van der Waals surface area contributed by atoms with E-state index in [0.29, 0.717) is 60.8 Å². The Bertz CT molecular complexity index is 3970. The minimum Gasteiger partial charge on any atom is -0.496 e. The van der Waals surface area contributed by atoms with Gasteiger partial charge in [-0.2, -0.15) is 0 Å². The Balaban J connectivity index is 0.000000185. The lowest BCUT2D eigenvalue weighted by Crippen LogP contribution is -2.50. The molecule has 97 heavy (non-hydrogen) atoms. The van der Waals surface area contributed by atoms with E-state index in [1.807, 2.05) is 67.1 Å². The quantitative estimate of drug-likeness (QED) is 0.0200. The molecule has 520 valence electrons. The van der Waals surface area contributed by atoms with Crippen LogP contribution in [0.5, 0.6) is 17.2 Å². The molecule has 2 aromatic carbocycles. The number of rotatable bonds is 21. The topological polar surface area (TPSA) is 299 Å². The van der Waals surface area contributed by atoms with Gasteiger partial charge >= 0.3 is 11.9 Å². The van der Waals surface area contributed by atoms with Crippen LogP contribution in [0, 0.1) is 49.4 Å². The third-order valence-electron chi connectivity index (χ3n) is 19.3. The number of nitrogens with zero attached hydrogens (tertiary/aromatic N) is 3. The third-order valence-corrected chi connectivity index (χ3v) is 21.1. The van der Waals surface area contributed by atoms with Crippen molar-refractivity contribution in [3.63, 3.8) is 0 Å². The Kier molecular flexibility index (Phi) is 24.4. The number of methoxy groups -OCH3 is 2. The minimum absolute atomic E-state index is 0.00389. The maximum Gasteiger partial charge on any atom is 0.332 e. The number of nitrogens with one attached hydrogen (secondary N) is 5. The number of H-pyrrole nitrogens is 1. The number of carboxylic acids is 1. The second kappa shape index (κ2) is 32.4. The lowest BCUT2D eigenvalue weighted by atomic mass is 9.93. The maximum atomic E-state index is 13.8. The molecule has 7 N–H and O–H groups in total. The molecule has 0 spiro atoms. The van der Waals surface area contributed by atoms with Crippen molar-refractivity contribution < 1.29 is 57.9 Å². The summed E-state index contributed by atoms with van der Waals surface area (Å²) in [5.74, 6) is -3.08. The van der Waals surface area contributed by atoms with Crippen molar-refractivity contribution in [1.82, 2.24) is 41.2 Å². The minimum atomic E-state index is -1.33. The number of aromatic amines is 1. The highest BCUT2D eigenvalue weighted by Gasteiger charge is 2.63. The maximum absolute atomic E-state index is 13.8. The van der Waals surface area contributed by atoms with Gasteiger partial charge < -0.3 is 55.4 Å². The van der Waals surface area contributed by atoms with Crippen LogP contribution in [0.25, 0.3) is 43.2 Å². The lowest BCUT2D eigenvalue weighted by Gasteiger charge is -2.23. The summed E-state index contributed by atoms with van der Waals surface area (Å²) in [5.41, 5.74) is 4.38. The van der Waals surface area contributed by atoms with Crippen LogP contribution in [0.3, 0.4) is 0 Å². The van der Waals surface area contributed by atoms with Crippen molar-refractivity contribution in [2.45, 2.75) is 173 Å². The summed E-state index contributed by atoms with van der Waals surface area (Å²) in [6, 6.07) is 10.9. The van der Waals surface area contributed by atoms with Crippen molar-refractivity contribution in [2.24, 2.45) is 35.5 Å². The highest BCUT2D eigenvalue weighted by Crippen LogP contribution is 2.48. The summed E-state index contributed by atoms with van der Waals surface area (Å²) in [6.07, 6.45) is 15.6. The average molecular weight is 1370 g/mol. The molecule has 4 saturated carbocycles. The SMILES string of the molecule is C=CCCCCCNC(=O)[C@@H]1C[C@@H](O)C[C@H]1C(=O)N[C@]1(C(=O)OCC)C[C@H]1C=C.COc1ccc2c(=O)cc(-c3nc(C(C)C)cs3)[nH]c2c1C.COc1ccc2c(O[C@H]3C[C@H]4C(=O)NCCCCC/C=C\[C@@H]5C[C@@]5(C(=O)O)NC(=O)[C@@H]4C3)cc(-c3nc(C(C)C)cs3)nc2c1C. The van der Waals surface area contributed by atoms with Gasteiger partial charge in [0.05, 0.1) is 78.7 Å². The number of carbonyl (C=O) groups is 6. The first kappa shape index (κ1) is 73.0. The van der Waals surface area contributed by atoms with Crippen LogP contribution in [0.15, 0.2) is 89.4 Å². The van der Waals surface area contributed by atoms with Crippen molar-refractivity contribution in [3.8, 4) is 38.7 Å². The molecule has 23 heteroatoms. The summed E-state index contributed by atoms with van der Waals surface area (Å²) in [5, 5.41) is 38.9. The van der Waals surface area contributed by atoms with E-state index in [9.17, 15) is 43.8 Å². The van der Waals surface area contributed by atoms with E-state index in [1.165, 1.54) is 11.3 Å². The highest BCUT2D eigenvalue weighted by atomic mass is 32.1. The Morgan fingerprint density at radius 1 is 0.784 bits per heavy atom. The van der Waals surface area contributed by atoms with E-state index < -0.39 is 64.8 Å². The summed E-state index contributed by atoms with van der Waals surface area (Å²) >= 11 is 3.08. The normalized spacial score (nSPS) is 24.7. The predicted molar refractivity (Wildman–Crippen MR) is 377 cm³/mol. The molecule has 4 fully saturated rings. The lowest BCUT2D eigenvalue weighted by molar-refractivity contribution is -0.150. The molecule has 0 unspecified atom stereocenters. The number of esters is 1. The van der Waals surface area contributed by atoms with E-state index >= 15 is 0 Å². The van der Waals surface area contributed by atoms with Crippen LogP contribution in [0.4, 0.5) is 0 Å². The number of aliphatic hydroxyl groups is 1. The zero-order chi connectivity index (χ0) is 69.9. The summed E-state index contributed by atoms with van der Waals surface area (Å²) in [6.45, 7) is 22.7. The highest BCUT2D eigenvalue weighted by molar-refractivity contribution is 7.13. The second-order valence-electron chi connectivity index (χ2n) is 26.7. The number of aryl methyl sites for hydroxylation is 2. The average Bonchev–Trinajstić information content (AvgIpc) is 1.62. The van der Waals surface area contributed by atoms with Gasteiger partial charge in [0.1, 0.15) is 50.1 Å². The van der Waals surface area contributed by atoms with Crippen molar-refractivity contribution in [1.29, 1.82) is 0 Å². The van der Waals surface area contributed by atoms with Crippen molar-refractivity contribution in [2.75, 3.05) is 33.9 Å². The van der Waals surface area contributed by atoms with Gasteiger partial charge in [0.25, 0.3) is 0 Å². The number of hydrogen-bond donors (Lipinski definition) is 7. The number of aliphatic hydroxyl groups excluding tert-OH is 1. The molecule has 1 aliphatic heterocycles. The fraction of sp³-hybridized carbons (Fsp3) is 0.514. The van der Waals surface area contributed by atoms with Gasteiger partial charge in [-0.1, -0.05) is 64.8 Å². The van der Waals surface area contributed by atoms with Crippen molar-refractivity contribution in [3.05, 3.63) is 117 Å². The standard InChI is InChI=1S/C35H42N4O6S.C22H34N2O5.C17H18N2O2S/c1-19(2)27-18-46-33(38-27)26-16-29(23-11-12-28(44-4)20(3)30(23)37-26)45-22-14-24-25(15-22)32(41)39-35(34(42)43)17-21(35)10-8-6-5-7-9-13-36-31(24)40;1-4-7-8-9-10-11-23-19(26)17-12-16(25)13-18(17)20(27)24-22(14-15(22)5-2)21(28)29-6-3;1-9(2)13-8-22-17(19-13)12-7-14(20)11-5-6-15(21-4)10(3)16(11)18-12/h8,10-12,16,18-19,21-22,24-25H,5-7,9,13-15,17H2,1-4H3,(H,36,40)(H,39,41)(H,42,43);4-5,15-18,25H,1-2,6-14H2,3H3,(H,23,26)(H,24,27);5-9H,1-4H3,(H,18,20)/b10-8-;;/t21-,22+,24-,25-,35-;15-,16-,17-,18-,22-;/m11./s1. The number of carboxylic acid groups (broad SMARTS) is 1. The molecule has 4 amide bonds. The Morgan fingerprint density at radius 2 is 1.44 bits per heavy atom. The van der Waals surface area contributed by atoms with Gasteiger partial charge in [0.15, 0.2) is 5.43 Å². The Hall–Kier alpha value is -8.28. The second-order valence-corrected chi connectivity index (χ2v) is 28.4. The number of carbonyl (C=O) groups excluding carboxylic acids is 5. The van der Waals surface area contributed by atoms with Gasteiger partial charge in [-0.3, -0.25) is 24.0 Å². The molecule has 21 nitrogen and oxygen atoms in total. The molecule has 4 aromatic heterocycles. The number of ether oxygens (including phenoxy) is 4. The number of unbranched alkanes of at least 4 members (excludes halogenated alkanes) is 3. The largest absolute Gasteiger partial charge is 0.496 e. The first-order chi connectivity index (χ1) is 46.5. The number of allylic oxidation sites excluding steroid dienone is 2. The van der Waals surface area contributed by atoms with E-state index in [-0.39, 0.29) is 66.8 Å². The van der Waals surface area contributed by atoms with Crippen LogP contribution < -0.4 is 40.9 Å². The first-order valence-electron chi connectivity index (χ1n) is 34.0. The van der Waals surface area contributed by atoms with E-state index in [4.69, 9.17) is 28.9 Å². The Morgan fingerprint density at radius 3 is 2.08 bits per heavy atom. The smallest absolute Gasteiger partial charge is 0.332 e. The summed E-state index contributed by atoms with van der Waals surface area (Å²) < 4.78 is 22.7. The number of aliphatic carboxylic acids is 1. The Labute approximate surface area is 575 Å². The molecular formula is C74H94N8O13S2. The molecule has 0 bridgehead atoms. The van der Waals surface area contributed by atoms with Crippen LogP contribution in [-0.4, -0.2) is 123 Å². The zero-order valence-electron chi connectivity index (χ0n) is 57.2. The molecular weight excluding hydrogens is 1270 g/mol.